The molecule has 0 aliphatic heterocycles. The number of para-hydroxylation sites is 1. The molecule has 0 aliphatic rings. The molecule has 0 saturated heterocycles. The molecule has 0 spiro atoms. The van der Waals surface area contributed by atoms with Gasteiger partial charge in [-0.1, -0.05) is 6.07 Å². The quantitative estimate of drug-likeness (QED) is 0.504. The third kappa shape index (κ3) is 2.87. The Bertz CT molecular complexity index is 708. The summed E-state index contributed by atoms with van der Waals surface area (Å²) in [6, 6.07) is 3.43. The highest BCUT2D eigenvalue weighted by Crippen LogP contribution is 2.35. The number of hydrazine groups is 1. The monoisotopic (exact) mass is 293 g/mol. The number of nitrogens with zero attached hydrogens (tertiary/aromatic N) is 3. The molecule has 2 aromatic rings. The van der Waals surface area contributed by atoms with Gasteiger partial charge in [0.15, 0.2) is 5.82 Å². The van der Waals surface area contributed by atoms with Crippen LogP contribution in [0.15, 0.2) is 18.2 Å². The van der Waals surface area contributed by atoms with Crippen molar-refractivity contribution in [3.8, 4) is 11.6 Å². The summed E-state index contributed by atoms with van der Waals surface area (Å²) in [5.74, 6) is 4.54. The minimum Gasteiger partial charge on any atom is -0.428 e. The second kappa shape index (κ2) is 5.67. The molecule has 1 aromatic carbocycles. The predicted molar refractivity (Wildman–Crippen MR) is 72.4 cm³/mol. The van der Waals surface area contributed by atoms with E-state index >= 15 is 0 Å². The Hall–Kier alpha value is -2.81. The molecule has 0 radical (unpaired) electrons. The molecule has 21 heavy (non-hydrogen) atoms. The highest BCUT2D eigenvalue weighted by Gasteiger charge is 2.22. The lowest BCUT2D eigenvalue weighted by atomic mass is 10.2. The van der Waals surface area contributed by atoms with Crippen molar-refractivity contribution >= 4 is 11.5 Å². The van der Waals surface area contributed by atoms with Crippen molar-refractivity contribution < 1.29 is 14.1 Å². The molecule has 110 valence electrons. The van der Waals surface area contributed by atoms with E-state index in [1.807, 2.05) is 0 Å². The van der Waals surface area contributed by atoms with Gasteiger partial charge in [-0.3, -0.25) is 10.1 Å². The Balaban J connectivity index is 2.53. The molecule has 0 atom stereocenters. The highest BCUT2D eigenvalue weighted by molar-refractivity contribution is 5.52. The van der Waals surface area contributed by atoms with Crippen LogP contribution in [0.25, 0.3) is 0 Å². The summed E-state index contributed by atoms with van der Waals surface area (Å²) in [7, 11) is 0. The first-order chi connectivity index (χ1) is 9.93. The third-order valence-electron chi connectivity index (χ3n) is 2.69. The molecule has 0 amide bonds. The number of nitrogens with two attached hydrogens (primary N) is 1. The van der Waals surface area contributed by atoms with Crippen molar-refractivity contribution in [2.45, 2.75) is 13.8 Å². The number of benzene rings is 1. The minimum atomic E-state index is -0.859. The van der Waals surface area contributed by atoms with E-state index in [4.69, 9.17) is 10.6 Å². The Morgan fingerprint density at radius 1 is 1.38 bits per heavy atom. The second-order valence-electron chi connectivity index (χ2n) is 4.14. The Morgan fingerprint density at radius 2 is 2.10 bits per heavy atom. The summed E-state index contributed by atoms with van der Waals surface area (Å²) >= 11 is 0. The zero-order valence-electron chi connectivity index (χ0n) is 11.3. The van der Waals surface area contributed by atoms with Crippen LogP contribution >= 0.6 is 0 Å². The van der Waals surface area contributed by atoms with Crippen molar-refractivity contribution in [3.05, 3.63) is 45.5 Å². The molecular weight excluding hydrogens is 281 g/mol. The van der Waals surface area contributed by atoms with Crippen LogP contribution in [0.4, 0.5) is 15.9 Å². The number of rotatable bonds is 4. The first-order valence-corrected chi connectivity index (χ1v) is 5.86. The number of aryl methyl sites for hydroxylation is 1. The van der Waals surface area contributed by atoms with E-state index in [0.717, 1.165) is 12.1 Å². The maximum atomic E-state index is 13.8. The molecular formula is C12H12FN5O3. The van der Waals surface area contributed by atoms with E-state index in [-0.39, 0.29) is 11.7 Å². The Labute approximate surface area is 118 Å². The average Bonchev–Trinajstić information content (AvgIpc) is 2.44. The molecule has 0 saturated carbocycles. The highest BCUT2D eigenvalue weighted by atomic mass is 19.1. The van der Waals surface area contributed by atoms with E-state index < -0.39 is 22.2 Å². The van der Waals surface area contributed by atoms with Gasteiger partial charge in [0.1, 0.15) is 11.6 Å². The summed E-state index contributed by atoms with van der Waals surface area (Å²) < 4.78 is 19.1. The molecule has 8 nitrogen and oxygen atoms in total. The van der Waals surface area contributed by atoms with Gasteiger partial charge in [0.2, 0.25) is 11.6 Å². The van der Waals surface area contributed by atoms with Gasteiger partial charge in [0, 0.05) is 6.07 Å². The number of aromatic nitrogens is 2. The maximum Gasteiger partial charge on any atom is 0.314 e. The first kappa shape index (κ1) is 14.6. The molecule has 0 bridgehead atoms. The number of ether oxygens (including phenoxy) is 1. The topological polar surface area (TPSA) is 116 Å². The van der Waals surface area contributed by atoms with Crippen LogP contribution in [0, 0.1) is 29.8 Å². The van der Waals surface area contributed by atoms with Gasteiger partial charge in [0.05, 0.1) is 10.5 Å². The molecule has 0 aliphatic carbocycles. The Kier molecular flexibility index (Phi) is 3.94. The average molecular weight is 293 g/mol. The summed E-state index contributed by atoms with van der Waals surface area (Å²) in [4.78, 5) is 18.2. The summed E-state index contributed by atoms with van der Waals surface area (Å²) in [6.45, 7) is 3.18. The molecule has 0 unspecified atom stereocenters. The molecule has 3 N–H and O–H groups in total. The van der Waals surface area contributed by atoms with Crippen molar-refractivity contribution in [1.82, 2.24) is 9.97 Å². The predicted octanol–water partition coefficient (Wildman–Crippen LogP) is 2.22. The van der Waals surface area contributed by atoms with Gasteiger partial charge < -0.3 is 10.2 Å². The normalized spacial score (nSPS) is 10.3. The fraction of sp³-hybridized carbons (Fsp3) is 0.167. The summed E-state index contributed by atoms with van der Waals surface area (Å²) in [6.07, 6.45) is 0. The maximum absolute atomic E-state index is 13.8. The van der Waals surface area contributed by atoms with Gasteiger partial charge >= 0.3 is 5.69 Å². The van der Waals surface area contributed by atoms with Crippen LogP contribution in [0.2, 0.25) is 0 Å². The van der Waals surface area contributed by atoms with Crippen LogP contribution in [0.5, 0.6) is 11.6 Å². The number of hydrogen-bond acceptors (Lipinski definition) is 7. The number of anilines is 1. The van der Waals surface area contributed by atoms with Crippen LogP contribution in [-0.4, -0.2) is 14.9 Å². The molecule has 1 aromatic heterocycles. The van der Waals surface area contributed by atoms with Gasteiger partial charge in [0.25, 0.3) is 0 Å². The lowest BCUT2D eigenvalue weighted by Gasteiger charge is -2.11. The first-order valence-electron chi connectivity index (χ1n) is 5.86. The number of hydrogen-bond donors (Lipinski definition) is 2. The van der Waals surface area contributed by atoms with Gasteiger partial charge in [-0.05, 0) is 19.9 Å². The van der Waals surface area contributed by atoms with Crippen LogP contribution in [-0.2, 0) is 0 Å². The largest absolute Gasteiger partial charge is 0.428 e. The standard InChI is InChI=1S/C12H12FN5O3/c1-6-11(17-14)15-7(2)16-12(6)21-10-8(13)4-3-5-9(10)18(19)20/h3-5H,14H2,1-2H3,(H,15,16,17). The smallest absolute Gasteiger partial charge is 0.314 e. The summed E-state index contributed by atoms with van der Waals surface area (Å²) in [5.41, 5.74) is 2.27. The number of nitrogens with one attached hydrogen (secondary N) is 1. The number of halogens is 1. The molecule has 2 rings (SSSR count). The van der Waals surface area contributed by atoms with Crippen LogP contribution in [0.1, 0.15) is 11.4 Å². The number of nitro benzene ring substituents is 1. The van der Waals surface area contributed by atoms with Gasteiger partial charge in [-0.15, -0.1) is 0 Å². The molecule has 1 heterocycles. The fourth-order valence-corrected chi connectivity index (χ4v) is 1.68. The lowest BCUT2D eigenvalue weighted by molar-refractivity contribution is -0.385. The van der Waals surface area contributed by atoms with E-state index in [1.165, 1.54) is 6.07 Å². The van der Waals surface area contributed by atoms with Crippen molar-refractivity contribution in [3.63, 3.8) is 0 Å². The zero-order chi connectivity index (χ0) is 15.6. The van der Waals surface area contributed by atoms with E-state index in [9.17, 15) is 14.5 Å². The second-order valence-corrected chi connectivity index (χ2v) is 4.14. The number of nitrogen functional groups attached to an aromatic ring is 1. The third-order valence-corrected chi connectivity index (χ3v) is 2.69. The Morgan fingerprint density at radius 3 is 2.71 bits per heavy atom. The van der Waals surface area contributed by atoms with Crippen molar-refractivity contribution in [2.24, 2.45) is 5.84 Å². The van der Waals surface area contributed by atoms with Crippen molar-refractivity contribution in [2.75, 3.05) is 5.43 Å². The number of nitro groups is 1. The molecule has 9 heteroatoms. The van der Waals surface area contributed by atoms with Crippen LogP contribution in [0.3, 0.4) is 0 Å². The minimum absolute atomic E-state index is 0.0105. The SMILES string of the molecule is Cc1nc(NN)c(C)c(Oc2c(F)cccc2[N+](=O)[O-])n1. The van der Waals surface area contributed by atoms with E-state index in [0.29, 0.717) is 11.4 Å². The summed E-state index contributed by atoms with van der Waals surface area (Å²) in [5, 5.41) is 10.9. The lowest BCUT2D eigenvalue weighted by Crippen LogP contribution is -2.12. The van der Waals surface area contributed by atoms with Gasteiger partial charge in [-0.2, -0.15) is 4.98 Å². The van der Waals surface area contributed by atoms with Crippen LogP contribution < -0.4 is 16.0 Å². The molecule has 0 fully saturated rings. The fourth-order valence-electron chi connectivity index (χ4n) is 1.68. The van der Waals surface area contributed by atoms with E-state index in [2.05, 4.69) is 15.4 Å². The van der Waals surface area contributed by atoms with E-state index in [1.54, 1.807) is 13.8 Å². The van der Waals surface area contributed by atoms with Crippen molar-refractivity contribution in [1.29, 1.82) is 0 Å². The zero-order valence-corrected chi connectivity index (χ0v) is 11.3. The van der Waals surface area contributed by atoms with Gasteiger partial charge in [-0.25, -0.2) is 15.2 Å².